The van der Waals surface area contributed by atoms with Gasteiger partial charge in [0.2, 0.25) is 0 Å². The number of fused-ring (bicyclic) bond motifs is 1. The molecule has 1 aliphatic rings. The second kappa shape index (κ2) is 4.59. The summed E-state index contributed by atoms with van der Waals surface area (Å²) in [6.07, 6.45) is -1.41. The normalized spacial score (nSPS) is 24.4. The minimum atomic E-state index is -0.706. The van der Waals surface area contributed by atoms with E-state index in [-0.39, 0.29) is 5.82 Å². The summed E-state index contributed by atoms with van der Waals surface area (Å²) in [4.78, 5) is 1.93. The predicted molar refractivity (Wildman–Crippen MR) is 68.2 cm³/mol. The lowest BCUT2D eigenvalue weighted by molar-refractivity contribution is 0.0572. The highest BCUT2D eigenvalue weighted by Crippen LogP contribution is 2.27. The molecule has 1 aromatic carbocycles. The molecule has 1 saturated heterocycles. The van der Waals surface area contributed by atoms with Gasteiger partial charge in [0.15, 0.2) is 0 Å². The van der Waals surface area contributed by atoms with Crippen molar-refractivity contribution in [2.75, 3.05) is 13.1 Å². The SMILES string of the molecule is Cc1c(CN2C[C@@H](O)[C@@H](O)C2)oc2ccc(F)cc12. The van der Waals surface area contributed by atoms with Crippen molar-refractivity contribution >= 4 is 11.0 Å². The Hall–Kier alpha value is -1.43. The molecule has 2 aromatic rings. The van der Waals surface area contributed by atoms with E-state index in [1.807, 2.05) is 11.8 Å². The fraction of sp³-hybridized carbons (Fsp3) is 0.429. The van der Waals surface area contributed by atoms with Gasteiger partial charge in [-0.1, -0.05) is 0 Å². The fourth-order valence-electron chi connectivity index (χ4n) is 2.57. The van der Waals surface area contributed by atoms with Gasteiger partial charge < -0.3 is 14.6 Å². The summed E-state index contributed by atoms with van der Waals surface area (Å²) in [5.74, 6) is 0.469. The zero-order chi connectivity index (χ0) is 13.6. The van der Waals surface area contributed by atoms with Crippen LogP contribution in [-0.2, 0) is 6.54 Å². The summed E-state index contributed by atoms with van der Waals surface area (Å²) in [5.41, 5.74) is 1.57. The van der Waals surface area contributed by atoms with Crippen LogP contribution < -0.4 is 0 Å². The molecule has 0 bridgehead atoms. The van der Waals surface area contributed by atoms with Gasteiger partial charge in [0, 0.05) is 18.5 Å². The first-order valence-electron chi connectivity index (χ1n) is 6.30. The molecule has 3 rings (SSSR count). The van der Waals surface area contributed by atoms with Crippen LogP contribution in [0.1, 0.15) is 11.3 Å². The number of aliphatic hydroxyl groups excluding tert-OH is 2. The molecule has 1 fully saturated rings. The monoisotopic (exact) mass is 265 g/mol. The van der Waals surface area contributed by atoms with Crippen LogP contribution in [0.25, 0.3) is 11.0 Å². The van der Waals surface area contributed by atoms with E-state index in [1.165, 1.54) is 12.1 Å². The zero-order valence-electron chi connectivity index (χ0n) is 10.6. The number of rotatable bonds is 2. The highest BCUT2D eigenvalue weighted by atomic mass is 19.1. The molecular formula is C14H16FNO3. The van der Waals surface area contributed by atoms with Gasteiger partial charge in [0.05, 0.1) is 18.8 Å². The van der Waals surface area contributed by atoms with Crippen LogP contribution in [0.3, 0.4) is 0 Å². The fourth-order valence-corrected chi connectivity index (χ4v) is 2.57. The van der Waals surface area contributed by atoms with Gasteiger partial charge in [0.1, 0.15) is 17.2 Å². The Morgan fingerprint density at radius 1 is 1.32 bits per heavy atom. The third kappa shape index (κ3) is 2.25. The van der Waals surface area contributed by atoms with E-state index in [0.717, 1.165) is 16.7 Å². The van der Waals surface area contributed by atoms with E-state index in [1.54, 1.807) is 6.07 Å². The summed E-state index contributed by atoms with van der Waals surface area (Å²) in [6, 6.07) is 4.46. The van der Waals surface area contributed by atoms with Crippen LogP contribution in [0.15, 0.2) is 22.6 Å². The minimum Gasteiger partial charge on any atom is -0.459 e. The van der Waals surface area contributed by atoms with Crippen molar-refractivity contribution < 1.29 is 19.0 Å². The number of benzene rings is 1. The number of likely N-dealkylation sites (tertiary alicyclic amines) is 1. The first-order chi connectivity index (χ1) is 9.04. The third-order valence-electron chi connectivity index (χ3n) is 3.70. The van der Waals surface area contributed by atoms with E-state index >= 15 is 0 Å². The van der Waals surface area contributed by atoms with Gasteiger partial charge in [-0.2, -0.15) is 0 Å². The number of furan rings is 1. The number of aryl methyl sites for hydroxylation is 1. The smallest absolute Gasteiger partial charge is 0.134 e. The molecule has 2 atom stereocenters. The summed E-state index contributed by atoms with van der Waals surface area (Å²) >= 11 is 0. The van der Waals surface area contributed by atoms with Gasteiger partial charge in [-0.05, 0) is 30.7 Å². The molecule has 1 aromatic heterocycles. The summed E-state index contributed by atoms with van der Waals surface area (Å²) in [7, 11) is 0. The molecule has 4 nitrogen and oxygen atoms in total. The van der Waals surface area contributed by atoms with Gasteiger partial charge in [-0.3, -0.25) is 4.90 Å². The quantitative estimate of drug-likeness (QED) is 0.862. The van der Waals surface area contributed by atoms with Crippen LogP contribution in [0.2, 0.25) is 0 Å². The number of hydrogen-bond donors (Lipinski definition) is 2. The van der Waals surface area contributed by atoms with E-state index in [2.05, 4.69) is 0 Å². The molecule has 19 heavy (non-hydrogen) atoms. The van der Waals surface area contributed by atoms with Crippen molar-refractivity contribution in [2.45, 2.75) is 25.7 Å². The lowest BCUT2D eigenvalue weighted by Gasteiger charge is -2.12. The molecular weight excluding hydrogens is 249 g/mol. The molecule has 0 spiro atoms. The van der Waals surface area contributed by atoms with Gasteiger partial charge >= 0.3 is 0 Å². The lowest BCUT2D eigenvalue weighted by atomic mass is 10.1. The largest absolute Gasteiger partial charge is 0.459 e. The van der Waals surface area contributed by atoms with Crippen LogP contribution in [-0.4, -0.2) is 40.4 Å². The van der Waals surface area contributed by atoms with Crippen LogP contribution in [0.5, 0.6) is 0 Å². The van der Waals surface area contributed by atoms with Gasteiger partial charge in [-0.25, -0.2) is 4.39 Å². The molecule has 0 unspecified atom stereocenters. The Balaban J connectivity index is 1.87. The molecule has 0 amide bonds. The highest BCUT2D eigenvalue weighted by molar-refractivity contribution is 5.82. The summed E-state index contributed by atoms with van der Waals surface area (Å²) in [6.45, 7) is 3.25. The van der Waals surface area contributed by atoms with E-state index in [4.69, 9.17) is 4.42 Å². The maximum atomic E-state index is 13.2. The Morgan fingerprint density at radius 2 is 2.00 bits per heavy atom. The molecule has 0 aliphatic carbocycles. The Bertz CT molecular complexity index is 600. The summed E-state index contributed by atoms with van der Waals surface area (Å²) < 4.78 is 18.9. The number of hydrogen-bond acceptors (Lipinski definition) is 4. The van der Waals surface area contributed by atoms with Crippen molar-refractivity contribution in [1.82, 2.24) is 4.90 Å². The third-order valence-corrected chi connectivity index (χ3v) is 3.70. The average molecular weight is 265 g/mol. The van der Waals surface area contributed by atoms with Gasteiger partial charge in [-0.15, -0.1) is 0 Å². The maximum absolute atomic E-state index is 13.2. The molecule has 1 aliphatic heterocycles. The Kier molecular flexibility index (Phi) is 3.05. The maximum Gasteiger partial charge on any atom is 0.134 e. The number of β-amino-alcohol motifs (C(OH)–C–C–N with tert-alkyl or cyclic N) is 2. The van der Waals surface area contributed by atoms with Crippen molar-refractivity contribution in [3.63, 3.8) is 0 Å². The Morgan fingerprint density at radius 3 is 2.68 bits per heavy atom. The van der Waals surface area contributed by atoms with E-state index in [9.17, 15) is 14.6 Å². The van der Waals surface area contributed by atoms with Gasteiger partial charge in [0.25, 0.3) is 0 Å². The minimum absolute atomic E-state index is 0.282. The standard InChI is InChI=1S/C14H16FNO3/c1-8-10-4-9(15)2-3-13(10)19-14(8)7-16-5-11(17)12(18)6-16/h2-4,11-12,17-18H,5-7H2,1H3/t11-,12+. The van der Waals surface area contributed by atoms with E-state index in [0.29, 0.717) is 25.2 Å². The average Bonchev–Trinajstić information content (AvgIpc) is 2.83. The number of nitrogens with zero attached hydrogens (tertiary/aromatic N) is 1. The predicted octanol–water partition coefficient (Wildman–Crippen LogP) is 1.42. The van der Waals surface area contributed by atoms with Crippen LogP contribution >= 0.6 is 0 Å². The second-order valence-electron chi connectivity index (χ2n) is 5.12. The second-order valence-corrected chi connectivity index (χ2v) is 5.12. The van der Waals surface area contributed by atoms with Crippen molar-refractivity contribution in [2.24, 2.45) is 0 Å². The number of aliphatic hydroxyl groups is 2. The van der Waals surface area contributed by atoms with Crippen molar-refractivity contribution in [1.29, 1.82) is 0 Å². The first-order valence-corrected chi connectivity index (χ1v) is 6.30. The molecule has 0 saturated carbocycles. The van der Waals surface area contributed by atoms with Crippen LogP contribution in [0, 0.1) is 12.7 Å². The molecule has 5 heteroatoms. The van der Waals surface area contributed by atoms with Crippen molar-refractivity contribution in [3.05, 3.63) is 35.3 Å². The van der Waals surface area contributed by atoms with Crippen molar-refractivity contribution in [3.8, 4) is 0 Å². The highest BCUT2D eigenvalue weighted by Gasteiger charge is 2.30. The lowest BCUT2D eigenvalue weighted by Crippen LogP contribution is -2.22. The zero-order valence-corrected chi connectivity index (χ0v) is 10.6. The molecule has 102 valence electrons. The Labute approximate surface area is 110 Å². The first kappa shape index (κ1) is 12.6. The summed E-state index contributed by atoms with van der Waals surface area (Å²) in [5, 5.41) is 19.8. The van der Waals surface area contributed by atoms with Crippen LogP contribution in [0.4, 0.5) is 4.39 Å². The number of halogens is 1. The molecule has 2 heterocycles. The molecule has 0 radical (unpaired) electrons. The topological polar surface area (TPSA) is 56.8 Å². The van der Waals surface area contributed by atoms with E-state index < -0.39 is 12.2 Å². The molecule has 2 N–H and O–H groups in total.